The number of halogens is 2. The second kappa shape index (κ2) is 5.53. The Morgan fingerprint density at radius 1 is 1.11 bits per heavy atom. The van der Waals surface area contributed by atoms with E-state index in [1.807, 2.05) is 11.4 Å². The second-order valence-corrected chi connectivity index (χ2v) is 6.51. The van der Waals surface area contributed by atoms with Gasteiger partial charge >= 0.3 is 0 Å². The van der Waals surface area contributed by atoms with E-state index in [4.69, 9.17) is 11.6 Å². The molecule has 0 aliphatic carbocycles. The fourth-order valence-corrected chi connectivity index (χ4v) is 3.54. The van der Waals surface area contributed by atoms with E-state index in [0.717, 1.165) is 21.7 Å². The van der Waals surface area contributed by atoms with E-state index in [1.54, 1.807) is 11.3 Å². The standard InChI is InChI=1S/C15H11BrClNS/c16-14-5-6-15(13-4-2-1-3-12(13)14)18-8-11-7-10(17)9-19-11/h1-7,9,18H,8H2. The van der Waals surface area contributed by atoms with Gasteiger partial charge in [-0.3, -0.25) is 0 Å². The highest BCUT2D eigenvalue weighted by Crippen LogP contribution is 2.30. The first-order chi connectivity index (χ1) is 9.24. The summed E-state index contributed by atoms with van der Waals surface area (Å²) < 4.78 is 1.12. The number of fused-ring (bicyclic) bond motifs is 1. The molecule has 0 amide bonds. The van der Waals surface area contributed by atoms with Crippen molar-refractivity contribution in [2.24, 2.45) is 0 Å². The Morgan fingerprint density at radius 3 is 2.63 bits per heavy atom. The number of hydrogen-bond donors (Lipinski definition) is 1. The summed E-state index contributed by atoms with van der Waals surface area (Å²) in [6, 6.07) is 14.5. The lowest BCUT2D eigenvalue weighted by atomic mass is 10.1. The SMILES string of the molecule is Clc1csc(CNc2ccc(Br)c3ccccc23)c1. The lowest BCUT2D eigenvalue weighted by Crippen LogP contribution is -1.98. The van der Waals surface area contributed by atoms with Crippen molar-refractivity contribution in [3.05, 3.63) is 62.2 Å². The maximum Gasteiger partial charge on any atom is 0.0516 e. The van der Waals surface area contributed by atoms with Crippen molar-refractivity contribution in [2.75, 3.05) is 5.32 Å². The Hall–Kier alpha value is -1.03. The minimum Gasteiger partial charge on any atom is -0.380 e. The van der Waals surface area contributed by atoms with Crippen LogP contribution in [-0.2, 0) is 6.54 Å². The van der Waals surface area contributed by atoms with Gasteiger partial charge < -0.3 is 5.32 Å². The van der Waals surface area contributed by atoms with Crippen LogP contribution in [0.5, 0.6) is 0 Å². The molecule has 0 fully saturated rings. The highest BCUT2D eigenvalue weighted by Gasteiger charge is 2.04. The summed E-state index contributed by atoms with van der Waals surface area (Å²) in [6.45, 7) is 0.795. The monoisotopic (exact) mass is 351 g/mol. The first-order valence-corrected chi connectivity index (χ1v) is 7.93. The molecule has 0 aliphatic heterocycles. The summed E-state index contributed by atoms with van der Waals surface area (Å²) in [5.41, 5.74) is 1.14. The second-order valence-electron chi connectivity index (χ2n) is 4.23. The zero-order chi connectivity index (χ0) is 13.2. The first-order valence-electron chi connectivity index (χ1n) is 5.88. The molecule has 0 saturated heterocycles. The van der Waals surface area contributed by atoms with Gasteiger partial charge in [0.2, 0.25) is 0 Å². The minimum atomic E-state index is 0.795. The minimum absolute atomic E-state index is 0.795. The molecule has 0 radical (unpaired) electrons. The molecule has 1 N–H and O–H groups in total. The molecular weight excluding hydrogens is 342 g/mol. The van der Waals surface area contributed by atoms with Gasteiger partial charge in [0.05, 0.1) is 5.02 Å². The maximum absolute atomic E-state index is 5.93. The zero-order valence-corrected chi connectivity index (χ0v) is 13.1. The van der Waals surface area contributed by atoms with E-state index >= 15 is 0 Å². The van der Waals surface area contributed by atoms with Gasteiger partial charge in [-0.25, -0.2) is 0 Å². The van der Waals surface area contributed by atoms with Gasteiger partial charge in [-0.1, -0.05) is 51.8 Å². The van der Waals surface area contributed by atoms with Crippen LogP contribution in [0, 0.1) is 0 Å². The Kier molecular flexibility index (Phi) is 3.78. The molecule has 1 aromatic heterocycles. The van der Waals surface area contributed by atoms with Crippen molar-refractivity contribution in [3.8, 4) is 0 Å². The summed E-state index contributed by atoms with van der Waals surface area (Å²) in [6.07, 6.45) is 0. The number of hydrogen-bond acceptors (Lipinski definition) is 2. The van der Waals surface area contributed by atoms with Crippen molar-refractivity contribution in [3.63, 3.8) is 0 Å². The normalized spacial score (nSPS) is 10.8. The molecule has 0 unspecified atom stereocenters. The van der Waals surface area contributed by atoms with Gasteiger partial charge in [0.15, 0.2) is 0 Å². The van der Waals surface area contributed by atoms with E-state index < -0.39 is 0 Å². The molecule has 0 bridgehead atoms. The Bertz CT molecular complexity index is 723. The molecule has 0 saturated carbocycles. The van der Waals surface area contributed by atoms with E-state index in [-0.39, 0.29) is 0 Å². The third-order valence-corrected chi connectivity index (χ3v) is 4.92. The molecule has 0 spiro atoms. The Morgan fingerprint density at radius 2 is 1.89 bits per heavy atom. The van der Waals surface area contributed by atoms with Crippen LogP contribution in [-0.4, -0.2) is 0 Å². The predicted octanol–water partition coefficient (Wildman–Crippen LogP) is 5.93. The van der Waals surface area contributed by atoms with Crippen LogP contribution in [0.4, 0.5) is 5.69 Å². The summed E-state index contributed by atoms with van der Waals surface area (Å²) in [7, 11) is 0. The predicted molar refractivity (Wildman–Crippen MR) is 88.3 cm³/mol. The Balaban J connectivity index is 1.91. The number of thiophene rings is 1. The van der Waals surface area contributed by atoms with Crippen LogP contribution in [0.3, 0.4) is 0 Å². The molecule has 3 aromatic rings. The molecule has 0 atom stereocenters. The van der Waals surface area contributed by atoms with Crippen molar-refractivity contribution in [1.29, 1.82) is 0 Å². The van der Waals surface area contributed by atoms with E-state index in [0.29, 0.717) is 0 Å². The van der Waals surface area contributed by atoms with E-state index in [2.05, 4.69) is 57.6 Å². The summed E-state index contributed by atoms with van der Waals surface area (Å²) >= 11 is 11.2. The molecule has 96 valence electrons. The van der Waals surface area contributed by atoms with Crippen LogP contribution in [0.2, 0.25) is 5.02 Å². The smallest absolute Gasteiger partial charge is 0.0516 e. The molecule has 19 heavy (non-hydrogen) atoms. The molecule has 3 rings (SSSR count). The third kappa shape index (κ3) is 2.78. The van der Waals surface area contributed by atoms with Crippen LogP contribution >= 0.6 is 38.9 Å². The van der Waals surface area contributed by atoms with Crippen molar-refractivity contribution in [1.82, 2.24) is 0 Å². The quantitative estimate of drug-likeness (QED) is 0.616. The van der Waals surface area contributed by atoms with Crippen molar-refractivity contribution < 1.29 is 0 Å². The Labute approximate surface area is 129 Å². The summed E-state index contributed by atoms with van der Waals surface area (Å²) in [5.74, 6) is 0. The van der Waals surface area contributed by atoms with Gasteiger partial charge in [-0.2, -0.15) is 0 Å². The number of benzene rings is 2. The molecular formula is C15H11BrClNS. The van der Waals surface area contributed by atoms with Gasteiger partial charge in [-0.15, -0.1) is 11.3 Å². The van der Waals surface area contributed by atoms with E-state index in [9.17, 15) is 0 Å². The van der Waals surface area contributed by atoms with Gasteiger partial charge in [-0.05, 0) is 23.6 Å². The number of anilines is 1. The third-order valence-electron chi connectivity index (χ3n) is 2.95. The highest BCUT2D eigenvalue weighted by molar-refractivity contribution is 9.10. The first kappa shape index (κ1) is 13.0. The average Bonchev–Trinajstić information content (AvgIpc) is 2.84. The van der Waals surface area contributed by atoms with Crippen LogP contribution in [0.1, 0.15) is 4.88 Å². The van der Waals surface area contributed by atoms with Crippen LogP contribution in [0.25, 0.3) is 10.8 Å². The van der Waals surface area contributed by atoms with Gasteiger partial charge in [0.1, 0.15) is 0 Å². The highest BCUT2D eigenvalue weighted by atomic mass is 79.9. The largest absolute Gasteiger partial charge is 0.380 e. The lowest BCUT2D eigenvalue weighted by molar-refractivity contribution is 1.20. The molecule has 1 heterocycles. The zero-order valence-electron chi connectivity index (χ0n) is 9.99. The molecule has 4 heteroatoms. The van der Waals surface area contributed by atoms with Crippen molar-refractivity contribution in [2.45, 2.75) is 6.54 Å². The lowest BCUT2D eigenvalue weighted by Gasteiger charge is -2.10. The fraction of sp³-hybridized carbons (Fsp3) is 0.0667. The molecule has 2 aromatic carbocycles. The van der Waals surface area contributed by atoms with Crippen LogP contribution < -0.4 is 5.32 Å². The topological polar surface area (TPSA) is 12.0 Å². The van der Waals surface area contributed by atoms with Gasteiger partial charge in [0.25, 0.3) is 0 Å². The van der Waals surface area contributed by atoms with E-state index in [1.165, 1.54) is 15.6 Å². The van der Waals surface area contributed by atoms with Crippen molar-refractivity contribution >= 4 is 55.3 Å². The average molecular weight is 353 g/mol. The van der Waals surface area contributed by atoms with Crippen LogP contribution in [0.15, 0.2) is 52.3 Å². The molecule has 0 aliphatic rings. The maximum atomic E-state index is 5.93. The number of rotatable bonds is 3. The number of nitrogens with one attached hydrogen (secondary N) is 1. The summed E-state index contributed by atoms with van der Waals surface area (Å²) in [5, 5.41) is 8.68. The molecule has 1 nitrogen and oxygen atoms in total. The van der Waals surface area contributed by atoms with Gasteiger partial charge in [0, 0.05) is 32.3 Å². The fourth-order valence-electron chi connectivity index (χ4n) is 2.05. The summed E-state index contributed by atoms with van der Waals surface area (Å²) in [4.78, 5) is 1.23.